The van der Waals surface area contributed by atoms with E-state index < -0.39 is 48.1 Å². The number of ether oxygens (including phenoxy) is 3. The highest BCUT2D eigenvalue weighted by Crippen LogP contribution is 2.30. The first-order valence-corrected chi connectivity index (χ1v) is 17.9. The number of cyclic esters (lactones) is 2. The van der Waals surface area contributed by atoms with E-state index in [9.17, 15) is 29.1 Å². The number of rotatable bonds is 21. The standard InChI is InChI=1S/C37H58N2O9/c1-6-7-18-30-34(48-32(41)23-25(2)3)27(5)47-36(44)28(26(4)46-37(30)45)19-15-13-11-9-8-10-12-14-16-22-38-35(43)29-20-17-21-31(33(29)42)39-24-40/h17,20-21,24-28,30,34,42H,6-16,18-19,22-23H2,1-5H3,(H,38,43)(H,39,40)/t26-,27+,28?,30-,34+/m1/s1. The number of esters is 3. The number of amides is 2. The molecule has 0 aliphatic carbocycles. The predicted molar refractivity (Wildman–Crippen MR) is 183 cm³/mol. The molecule has 1 aromatic carbocycles. The number of para-hydroxylation sites is 1. The number of unbranched alkanes of at least 4 members (excludes halogenated alkanes) is 9. The van der Waals surface area contributed by atoms with Crippen molar-refractivity contribution in [2.75, 3.05) is 11.9 Å². The van der Waals surface area contributed by atoms with E-state index in [0.29, 0.717) is 25.8 Å². The molecule has 1 unspecified atom stereocenters. The molecule has 1 aromatic rings. The van der Waals surface area contributed by atoms with Gasteiger partial charge in [0.1, 0.15) is 12.2 Å². The first-order valence-electron chi connectivity index (χ1n) is 17.9. The summed E-state index contributed by atoms with van der Waals surface area (Å²) < 4.78 is 17.4. The molecule has 1 heterocycles. The van der Waals surface area contributed by atoms with Crippen LogP contribution < -0.4 is 10.6 Å². The lowest BCUT2D eigenvalue weighted by molar-refractivity contribution is -0.176. The number of benzene rings is 1. The van der Waals surface area contributed by atoms with Gasteiger partial charge in [-0.15, -0.1) is 0 Å². The molecule has 0 radical (unpaired) electrons. The molecular weight excluding hydrogens is 616 g/mol. The van der Waals surface area contributed by atoms with Crippen molar-refractivity contribution in [3.63, 3.8) is 0 Å². The van der Waals surface area contributed by atoms with Gasteiger partial charge in [-0.2, -0.15) is 0 Å². The van der Waals surface area contributed by atoms with E-state index in [2.05, 4.69) is 10.6 Å². The molecular formula is C37H58N2O9. The summed E-state index contributed by atoms with van der Waals surface area (Å²) in [5, 5.41) is 15.3. The number of nitrogens with one attached hydrogen (secondary N) is 2. The van der Waals surface area contributed by atoms with Crippen LogP contribution in [0.2, 0.25) is 0 Å². The maximum atomic E-state index is 13.3. The second-order valence-electron chi connectivity index (χ2n) is 13.4. The van der Waals surface area contributed by atoms with Crippen LogP contribution in [-0.2, 0) is 33.4 Å². The molecule has 1 aliphatic heterocycles. The zero-order valence-corrected chi connectivity index (χ0v) is 29.6. The molecule has 1 fully saturated rings. The van der Waals surface area contributed by atoms with Gasteiger partial charge in [-0.25, -0.2) is 0 Å². The SMILES string of the molecule is CCCC[C@H]1C(=O)O[C@H](C)C(CCCCCCCCCCCNC(=O)c2cccc(NC=O)c2O)C(=O)O[C@@H](C)[C@@H]1OC(=O)CC(C)C. The third-order valence-corrected chi connectivity index (χ3v) is 8.82. The summed E-state index contributed by atoms with van der Waals surface area (Å²) in [5.74, 6) is -3.05. The highest BCUT2D eigenvalue weighted by molar-refractivity contribution is 5.99. The number of carbonyl (C=O) groups is 5. The Morgan fingerprint density at radius 2 is 1.46 bits per heavy atom. The monoisotopic (exact) mass is 674 g/mol. The minimum Gasteiger partial charge on any atom is -0.505 e. The van der Waals surface area contributed by atoms with E-state index in [-0.39, 0.29) is 35.2 Å². The third-order valence-electron chi connectivity index (χ3n) is 8.82. The smallest absolute Gasteiger partial charge is 0.313 e. The van der Waals surface area contributed by atoms with E-state index in [0.717, 1.165) is 70.6 Å². The lowest BCUT2D eigenvalue weighted by Crippen LogP contribution is -2.42. The van der Waals surface area contributed by atoms with Crippen molar-refractivity contribution in [3.8, 4) is 5.75 Å². The molecule has 5 atom stereocenters. The van der Waals surface area contributed by atoms with Crippen molar-refractivity contribution in [1.82, 2.24) is 5.32 Å². The van der Waals surface area contributed by atoms with Crippen LogP contribution in [-0.4, -0.2) is 60.2 Å². The lowest BCUT2D eigenvalue weighted by Gasteiger charge is -2.29. The summed E-state index contributed by atoms with van der Waals surface area (Å²) in [6.07, 6.45) is 10.0. The number of phenolic OH excluding ortho intramolecular Hbond substituents is 1. The first kappa shape index (κ1) is 40.5. The van der Waals surface area contributed by atoms with E-state index in [1.807, 2.05) is 20.8 Å². The number of aromatic hydroxyl groups is 1. The largest absolute Gasteiger partial charge is 0.505 e. The number of phenols is 1. The van der Waals surface area contributed by atoms with Crippen molar-refractivity contribution in [2.45, 2.75) is 143 Å². The van der Waals surface area contributed by atoms with Crippen molar-refractivity contribution < 1.29 is 43.3 Å². The van der Waals surface area contributed by atoms with Crippen molar-refractivity contribution in [1.29, 1.82) is 0 Å². The lowest BCUT2D eigenvalue weighted by atomic mass is 9.92. The fourth-order valence-corrected chi connectivity index (χ4v) is 6.04. The average Bonchev–Trinajstić information content (AvgIpc) is 3.05. The zero-order chi connectivity index (χ0) is 35.5. The van der Waals surface area contributed by atoms with E-state index in [1.54, 1.807) is 19.9 Å². The quantitative estimate of drug-likeness (QED) is 0.0417. The summed E-state index contributed by atoms with van der Waals surface area (Å²) in [7, 11) is 0. The molecule has 1 saturated heterocycles. The summed E-state index contributed by atoms with van der Waals surface area (Å²) in [4.78, 5) is 62.2. The van der Waals surface area contributed by atoms with Gasteiger partial charge >= 0.3 is 17.9 Å². The van der Waals surface area contributed by atoms with Gasteiger partial charge in [0.15, 0.2) is 11.9 Å². The Labute approximate surface area is 286 Å². The van der Waals surface area contributed by atoms with Crippen LogP contribution in [0.5, 0.6) is 5.75 Å². The maximum Gasteiger partial charge on any atom is 0.313 e. The summed E-state index contributed by atoms with van der Waals surface area (Å²) in [5.41, 5.74) is 0.315. The highest BCUT2D eigenvalue weighted by Gasteiger charge is 2.43. The van der Waals surface area contributed by atoms with Gasteiger partial charge in [0.2, 0.25) is 6.41 Å². The van der Waals surface area contributed by atoms with Crippen molar-refractivity contribution >= 4 is 35.9 Å². The average molecular weight is 675 g/mol. The second-order valence-corrected chi connectivity index (χ2v) is 13.4. The van der Waals surface area contributed by atoms with Crippen LogP contribution in [0.25, 0.3) is 0 Å². The Morgan fingerprint density at radius 3 is 2.08 bits per heavy atom. The first-order chi connectivity index (χ1) is 23.0. The minimum atomic E-state index is -0.881. The maximum absolute atomic E-state index is 13.3. The molecule has 48 heavy (non-hydrogen) atoms. The summed E-state index contributed by atoms with van der Waals surface area (Å²) in [6, 6.07) is 4.62. The Kier molecular flexibility index (Phi) is 18.7. The number of hydrogen-bond acceptors (Lipinski definition) is 9. The fourth-order valence-electron chi connectivity index (χ4n) is 6.04. The van der Waals surface area contributed by atoms with Crippen molar-refractivity contribution in [2.24, 2.45) is 17.8 Å². The van der Waals surface area contributed by atoms with Gasteiger partial charge in [0.25, 0.3) is 5.91 Å². The Hall–Kier alpha value is -3.63. The molecule has 3 N–H and O–H groups in total. The van der Waals surface area contributed by atoms with Gasteiger partial charge in [0, 0.05) is 13.0 Å². The predicted octanol–water partition coefficient (Wildman–Crippen LogP) is 6.85. The van der Waals surface area contributed by atoms with Gasteiger partial charge < -0.3 is 30.0 Å². The summed E-state index contributed by atoms with van der Waals surface area (Å²) >= 11 is 0. The van der Waals surface area contributed by atoms with E-state index in [4.69, 9.17) is 14.2 Å². The van der Waals surface area contributed by atoms with Crippen LogP contribution in [0.1, 0.15) is 135 Å². The number of carbonyl (C=O) groups excluding carboxylic acids is 5. The zero-order valence-electron chi connectivity index (χ0n) is 29.6. The molecule has 2 rings (SSSR count). The minimum absolute atomic E-state index is 0.102. The van der Waals surface area contributed by atoms with Crippen molar-refractivity contribution in [3.05, 3.63) is 23.8 Å². The topological polar surface area (TPSA) is 157 Å². The van der Waals surface area contributed by atoms with E-state index >= 15 is 0 Å². The van der Waals surface area contributed by atoms with Gasteiger partial charge in [-0.05, 0) is 51.2 Å². The molecule has 11 nitrogen and oxygen atoms in total. The third kappa shape index (κ3) is 13.8. The molecule has 1 aliphatic rings. The van der Waals surface area contributed by atoms with E-state index in [1.165, 1.54) is 12.1 Å². The number of anilines is 1. The van der Waals surface area contributed by atoms with Crippen LogP contribution in [0.3, 0.4) is 0 Å². The molecule has 0 aromatic heterocycles. The fraction of sp³-hybridized carbons (Fsp3) is 0.703. The molecule has 0 saturated carbocycles. The molecule has 0 bridgehead atoms. The molecule has 0 spiro atoms. The molecule has 270 valence electrons. The Morgan fingerprint density at radius 1 is 0.875 bits per heavy atom. The Balaban J connectivity index is 1.71. The summed E-state index contributed by atoms with van der Waals surface area (Å²) in [6.45, 7) is 9.82. The second kappa shape index (κ2) is 22.1. The number of hydrogen-bond donors (Lipinski definition) is 3. The van der Waals surface area contributed by atoms with Gasteiger partial charge in [0.05, 0.1) is 23.1 Å². The van der Waals surface area contributed by atoms with Gasteiger partial charge in [-0.3, -0.25) is 24.0 Å². The normalized spacial score (nSPS) is 21.3. The van der Waals surface area contributed by atoms with Crippen LogP contribution >= 0.6 is 0 Å². The Bertz CT molecular complexity index is 1170. The highest BCUT2D eigenvalue weighted by atomic mass is 16.6. The van der Waals surface area contributed by atoms with Crippen LogP contribution in [0.4, 0.5) is 5.69 Å². The molecule has 11 heteroatoms. The molecule has 2 amide bonds. The van der Waals surface area contributed by atoms with Crippen LogP contribution in [0, 0.1) is 17.8 Å². The van der Waals surface area contributed by atoms with Gasteiger partial charge in [-0.1, -0.05) is 91.0 Å². The van der Waals surface area contributed by atoms with Crippen LogP contribution in [0.15, 0.2) is 18.2 Å².